The summed E-state index contributed by atoms with van der Waals surface area (Å²) in [5.74, 6) is 0.0221. The number of hydrogen-bond acceptors (Lipinski definition) is 2. The molecule has 1 N–H and O–H groups in total. The summed E-state index contributed by atoms with van der Waals surface area (Å²) in [6.45, 7) is 2.46. The van der Waals surface area contributed by atoms with Gasteiger partial charge < -0.3 is 5.32 Å². The molecule has 0 aliphatic rings. The molecular weight excluding hydrogens is 246 g/mol. The molecule has 0 fully saturated rings. The number of aromatic nitrogens is 2. The Hall–Kier alpha value is -0.840. The molecule has 0 saturated heterocycles. The predicted molar refractivity (Wildman–Crippen MR) is 58.3 cm³/mol. The lowest BCUT2D eigenvalue weighted by atomic mass is 10.2. The standard InChI is InChI=1S/C9H14BrN3O/c1-7(10)9(14)11-4-3-8-5-12-13(2)6-8/h5-7H,3-4H2,1-2H3,(H,11,14). The van der Waals surface area contributed by atoms with Gasteiger partial charge in [0.05, 0.1) is 11.0 Å². The summed E-state index contributed by atoms with van der Waals surface area (Å²) in [5, 5.41) is 6.86. The van der Waals surface area contributed by atoms with Crippen molar-refractivity contribution in [3.8, 4) is 0 Å². The van der Waals surface area contributed by atoms with Gasteiger partial charge in [-0.2, -0.15) is 5.10 Å². The fourth-order valence-electron chi connectivity index (χ4n) is 1.07. The van der Waals surface area contributed by atoms with Gasteiger partial charge in [0.1, 0.15) is 0 Å². The predicted octanol–water partition coefficient (Wildman–Crippen LogP) is 0.862. The molecule has 0 aromatic carbocycles. The van der Waals surface area contributed by atoms with Gasteiger partial charge in [-0.25, -0.2) is 0 Å². The monoisotopic (exact) mass is 259 g/mol. The lowest BCUT2D eigenvalue weighted by Crippen LogP contribution is -2.30. The maximum atomic E-state index is 11.2. The van der Waals surface area contributed by atoms with Gasteiger partial charge >= 0.3 is 0 Å². The van der Waals surface area contributed by atoms with E-state index in [9.17, 15) is 4.79 Å². The molecule has 0 aliphatic heterocycles. The number of hydrogen-bond donors (Lipinski definition) is 1. The van der Waals surface area contributed by atoms with Gasteiger partial charge in [0.15, 0.2) is 0 Å². The summed E-state index contributed by atoms with van der Waals surface area (Å²) in [7, 11) is 1.88. The van der Waals surface area contributed by atoms with Crippen LogP contribution in [0.3, 0.4) is 0 Å². The maximum Gasteiger partial charge on any atom is 0.233 e. The molecule has 1 atom stereocenters. The van der Waals surface area contributed by atoms with E-state index < -0.39 is 0 Å². The Bertz CT molecular complexity index is 309. The molecule has 1 rings (SSSR count). The van der Waals surface area contributed by atoms with Crippen molar-refractivity contribution in [1.29, 1.82) is 0 Å². The highest BCUT2D eigenvalue weighted by molar-refractivity contribution is 9.10. The van der Waals surface area contributed by atoms with Crippen molar-refractivity contribution >= 4 is 21.8 Å². The molecule has 1 heterocycles. The van der Waals surface area contributed by atoms with E-state index >= 15 is 0 Å². The van der Waals surface area contributed by atoms with Crippen molar-refractivity contribution in [2.75, 3.05) is 6.54 Å². The van der Waals surface area contributed by atoms with Crippen molar-refractivity contribution in [1.82, 2.24) is 15.1 Å². The van der Waals surface area contributed by atoms with Crippen molar-refractivity contribution in [2.45, 2.75) is 18.2 Å². The van der Waals surface area contributed by atoms with Crippen LogP contribution in [0.2, 0.25) is 0 Å². The van der Waals surface area contributed by atoms with Crippen LogP contribution in [0.15, 0.2) is 12.4 Å². The van der Waals surface area contributed by atoms with Crippen molar-refractivity contribution in [3.05, 3.63) is 18.0 Å². The van der Waals surface area contributed by atoms with E-state index in [2.05, 4.69) is 26.3 Å². The molecule has 0 bridgehead atoms. The Morgan fingerprint density at radius 3 is 3.00 bits per heavy atom. The van der Waals surface area contributed by atoms with Gasteiger partial charge in [-0.05, 0) is 18.9 Å². The Morgan fingerprint density at radius 2 is 2.50 bits per heavy atom. The maximum absolute atomic E-state index is 11.2. The average Bonchev–Trinajstić information content (AvgIpc) is 2.51. The molecule has 0 aliphatic carbocycles. The summed E-state index contributed by atoms with van der Waals surface area (Å²) in [6.07, 6.45) is 4.58. The summed E-state index contributed by atoms with van der Waals surface area (Å²) < 4.78 is 1.75. The summed E-state index contributed by atoms with van der Waals surface area (Å²) >= 11 is 3.20. The number of aryl methyl sites for hydroxylation is 1. The molecule has 1 aromatic heterocycles. The molecule has 0 spiro atoms. The Morgan fingerprint density at radius 1 is 1.79 bits per heavy atom. The number of amides is 1. The van der Waals surface area contributed by atoms with E-state index in [1.807, 2.05) is 19.4 Å². The minimum atomic E-state index is -0.128. The number of carbonyl (C=O) groups excluding carboxylic acids is 1. The second kappa shape index (κ2) is 5.14. The van der Waals surface area contributed by atoms with Crippen LogP contribution in [0.1, 0.15) is 12.5 Å². The topological polar surface area (TPSA) is 46.9 Å². The van der Waals surface area contributed by atoms with Crippen LogP contribution in [-0.4, -0.2) is 27.1 Å². The molecule has 0 saturated carbocycles. The zero-order valence-corrected chi connectivity index (χ0v) is 9.91. The van der Waals surface area contributed by atoms with Gasteiger partial charge in [0, 0.05) is 19.8 Å². The minimum absolute atomic E-state index is 0.0221. The molecule has 5 heteroatoms. The molecule has 4 nitrogen and oxygen atoms in total. The second-order valence-electron chi connectivity index (χ2n) is 3.18. The minimum Gasteiger partial charge on any atom is -0.355 e. The first-order valence-corrected chi connectivity index (χ1v) is 5.40. The number of alkyl halides is 1. The highest BCUT2D eigenvalue weighted by Gasteiger charge is 2.06. The third-order valence-corrected chi connectivity index (χ3v) is 2.25. The molecular formula is C9H14BrN3O. The number of nitrogens with zero attached hydrogens (tertiary/aromatic N) is 2. The van der Waals surface area contributed by atoms with E-state index in [4.69, 9.17) is 0 Å². The number of rotatable bonds is 4. The Balaban J connectivity index is 2.25. The summed E-state index contributed by atoms with van der Waals surface area (Å²) in [6, 6.07) is 0. The van der Waals surface area contributed by atoms with E-state index in [0.29, 0.717) is 6.54 Å². The second-order valence-corrected chi connectivity index (χ2v) is 4.55. The van der Waals surface area contributed by atoms with E-state index in [0.717, 1.165) is 12.0 Å². The molecule has 0 radical (unpaired) electrons. The van der Waals surface area contributed by atoms with Gasteiger partial charge in [-0.15, -0.1) is 0 Å². The molecule has 14 heavy (non-hydrogen) atoms. The quantitative estimate of drug-likeness (QED) is 0.816. The Kier molecular flexibility index (Phi) is 4.13. The largest absolute Gasteiger partial charge is 0.355 e. The molecule has 1 amide bonds. The van der Waals surface area contributed by atoms with E-state index in [1.54, 1.807) is 11.6 Å². The van der Waals surface area contributed by atoms with Crippen LogP contribution >= 0.6 is 15.9 Å². The molecule has 1 aromatic rings. The van der Waals surface area contributed by atoms with E-state index in [-0.39, 0.29) is 10.7 Å². The lowest BCUT2D eigenvalue weighted by molar-refractivity contribution is -0.120. The first-order valence-electron chi connectivity index (χ1n) is 4.49. The number of nitrogens with one attached hydrogen (secondary N) is 1. The van der Waals surface area contributed by atoms with E-state index in [1.165, 1.54) is 0 Å². The average molecular weight is 260 g/mol. The molecule has 78 valence electrons. The first kappa shape index (κ1) is 11.2. The third-order valence-electron chi connectivity index (χ3n) is 1.83. The third kappa shape index (κ3) is 3.49. The van der Waals surface area contributed by atoms with Crippen molar-refractivity contribution in [3.63, 3.8) is 0 Å². The van der Waals surface area contributed by atoms with Gasteiger partial charge in [0.2, 0.25) is 5.91 Å². The fourth-order valence-corrected chi connectivity index (χ4v) is 1.23. The lowest BCUT2D eigenvalue weighted by Gasteiger charge is -2.04. The normalized spacial score (nSPS) is 12.5. The SMILES string of the molecule is CC(Br)C(=O)NCCc1cnn(C)c1. The number of halogens is 1. The van der Waals surface area contributed by atoms with Gasteiger partial charge in [0.25, 0.3) is 0 Å². The molecule has 1 unspecified atom stereocenters. The first-order chi connectivity index (χ1) is 6.59. The fraction of sp³-hybridized carbons (Fsp3) is 0.556. The zero-order chi connectivity index (χ0) is 10.6. The zero-order valence-electron chi connectivity index (χ0n) is 8.33. The van der Waals surface area contributed by atoms with Crippen LogP contribution in [0.5, 0.6) is 0 Å². The Labute approximate surface area is 91.8 Å². The highest BCUT2D eigenvalue weighted by atomic mass is 79.9. The van der Waals surface area contributed by atoms with Crippen LogP contribution in [0.25, 0.3) is 0 Å². The van der Waals surface area contributed by atoms with Crippen molar-refractivity contribution < 1.29 is 4.79 Å². The van der Waals surface area contributed by atoms with Crippen LogP contribution < -0.4 is 5.32 Å². The highest BCUT2D eigenvalue weighted by Crippen LogP contribution is 1.98. The van der Waals surface area contributed by atoms with Crippen LogP contribution in [-0.2, 0) is 18.3 Å². The van der Waals surface area contributed by atoms with Gasteiger partial charge in [-0.1, -0.05) is 15.9 Å². The van der Waals surface area contributed by atoms with Crippen LogP contribution in [0.4, 0.5) is 0 Å². The summed E-state index contributed by atoms with van der Waals surface area (Å²) in [4.78, 5) is 11.0. The van der Waals surface area contributed by atoms with Gasteiger partial charge in [-0.3, -0.25) is 9.48 Å². The smallest absolute Gasteiger partial charge is 0.233 e. The van der Waals surface area contributed by atoms with Crippen molar-refractivity contribution in [2.24, 2.45) is 7.05 Å². The summed E-state index contributed by atoms with van der Waals surface area (Å²) in [5.41, 5.74) is 1.13. The number of carbonyl (C=O) groups is 1. The van der Waals surface area contributed by atoms with Crippen LogP contribution in [0, 0.1) is 0 Å².